The number of carboxylic acids is 1. The Morgan fingerprint density at radius 3 is 2.32 bits per heavy atom. The molecule has 0 saturated heterocycles. The number of amides is 2. The number of hydrogen-bond acceptors (Lipinski definition) is 6. The predicted molar refractivity (Wildman–Crippen MR) is 140 cm³/mol. The third-order valence-corrected chi connectivity index (χ3v) is 5.67. The average Bonchev–Trinajstić information content (AvgIpc) is 3.20. The van der Waals surface area contributed by atoms with Crippen LogP contribution in [0.4, 0.5) is 0 Å². The highest BCUT2D eigenvalue weighted by atomic mass is 35.5. The molecule has 1 aromatic carbocycles. The van der Waals surface area contributed by atoms with Crippen LogP contribution < -0.4 is 21.3 Å². The highest BCUT2D eigenvalue weighted by Gasteiger charge is 2.28. The van der Waals surface area contributed by atoms with Gasteiger partial charge in [-0.1, -0.05) is 37.0 Å². The molecule has 2 amide bonds. The van der Waals surface area contributed by atoms with Crippen LogP contribution in [0.3, 0.4) is 0 Å². The SMILES string of the molecule is CNC(=N)NCCC[C@H](NC(=O)c1nc(C)n(-c2cc(Cl)cc(Cl)c2)n1)C(=O)N[C@H](CC(C)C)C(=O)O. The lowest BCUT2D eigenvalue weighted by Crippen LogP contribution is -2.52. The molecule has 0 fully saturated rings. The maximum Gasteiger partial charge on any atom is 0.326 e. The molecule has 202 valence electrons. The first-order valence-electron chi connectivity index (χ1n) is 11.7. The fourth-order valence-electron chi connectivity index (χ4n) is 3.46. The summed E-state index contributed by atoms with van der Waals surface area (Å²) < 4.78 is 1.40. The Morgan fingerprint density at radius 1 is 1.11 bits per heavy atom. The van der Waals surface area contributed by atoms with Gasteiger partial charge in [-0.2, -0.15) is 0 Å². The van der Waals surface area contributed by atoms with Gasteiger partial charge in [0, 0.05) is 23.6 Å². The zero-order valence-electron chi connectivity index (χ0n) is 21.1. The van der Waals surface area contributed by atoms with Crippen LogP contribution in [0.25, 0.3) is 5.69 Å². The van der Waals surface area contributed by atoms with E-state index in [1.807, 2.05) is 13.8 Å². The molecule has 2 rings (SSSR count). The lowest BCUT2D eigenvalue weighted by molar-refractivity contribution is -0.142. The molecule has 1 aromatic heterocycles. The Hall–Kier alpha value is -3.38. The quantitative estimate of drug-likeness (QED) is 0.131. The van der Waals surface area contributed by atoms with Crippen molar-refractivity contribution in [3.63, 3.8) is 0 Å². The van der Waals surface area contributed by atoms with E-state index in [0.717, 1.165) is 0 Å². The topological polar surface area (TPSA) is 174 Å². The molecule has 1 heterocycles. The van der Waals surface area contributed by atoms with Gasteiger partial charge in [0.05, 0.1) is 5.69 Å². The zero-order valence-corrected chi connectivity index (χ0v) is 22.6. The molecular formula is C23H32Cl2N8O4. The molecule has 12 nitrogen and oxygen atoms in total. The molecule has 0 bridgehead atoms. The van der Waals surface area contributed by atoms with E-state index in [2.05, 4.69) is 31.3 Å². The summed E-state index contributed by atoms with van der Waals surface area (Å²) >= 11 is 12.2. The molecule has 0 spiro atoms. The fraction of sp³-hybridized carbons (Fsp3) is 0.478. The van der Waals surface area contributed by atoms with Crippen molar-refractivity contribution in [2.45, 2.75) is 52.1 Å². The molecule has 0 aliphatic rings. The molecule has 0 aliphatic carbocycles. The maximum atomic E-state index is 13.0. The van der Waals surface area contributed by atoms with Gasteiger partial charge in [-0.25, -0.2) is 14.5 Å². The number of halogens is 2. The molecule has 2 aromatic rings. The minimum atomic E-state index is -1.16. The highest BCUT2D eigenvalue weighted by molar-refractivity contribution is 6.34. The largest absolute Gasteiger partial charge is 0.480 e. The number of benzene rings is 1. The summed E-state index contributed by atoms with van der Waals surface area (Å²) in [5.74, 6) is -2.15. The van der Waals surface area contributed by atoms with E-state index < -0.39 is 29.9 Å². The Bertz CT molecular complexity index is 1120. The second-order valence-corrected chi connectivity index (χ2v) is 9.64. The fourth-order valence-corrected chi connectivity index (χ4v) is 3.97. The van der Waals surface area contributed by atoms with Gasteiger partial charge >= 0.3 is 5.97 Å². The summed E-state index contributed by atoms with van der Waals surface area (Å²) in [5, 5.41) is 32.7. The smallest absolute Gasteiger partial charge is 0.326 e. The lowest BCUT2D eigenvalue weighted by Gasteiger charge is -2.22. The minimum absolute atomic E-state index is 0.0299. The van der Waals surface area contributed by atoms with Crippen LogP contribution >= 0.6 is 23.2 Å². The van der Waals surface area contributed by atoms with Crippen LogP contribution in [-0.2, 0) is 9.59 Å². The van der Waals surface area contributed by atoms with Crippen LogP contribution in [0.5, 0.6) is 0 Å². The van der Waals surface area contributed by atoms with E-state index in [-0.39, 0.29) is 30.5 Å². The van der Waals surface area contributed by atoms with Gasteiger partial charge in [0.2, 0.25) is 11.7 Å². The standard InChI is InChI=1S/C23H32Cl2N8O4/c1-12(2)8-18(22(36)37)31-20(34)17(6-5-7-28-23(26)27-4)30-21(35)19-29-13(3)33(32-19)16-10-14(24)9-15(25)11-16/h9-12,17-18H,5-8H2,1-4H3,(H,30,35)(H,31,34)(H,36,37)(H3,26,27,28)/t17-,18+/m0/s1. The molecular weight excluding hydrogens is 523 g/mol. The maximum absolute atomic E-state index is 13.0. The first-order chi connectivity index (χ1) is 17.4. The minimum Gasteiger partial charge on any atom is -0.480 e. The van der Waals surface area contributed by atoms with Crippen molar-refractivity contribution in [3.8, 4) is 5.69 Å². The second kappa shape index (κ2) is 13.8. The number of nitrogens with one attached hydrogen (secondary N) is 5. The van der Waals surface area contributed by atoms with Gasteiger partial charge in [-0.15, -0.1) is 5.10 Å². The number of aryl methyl sites for hydroxylation is 1. The summed E-state index contributed by atoms with van der Waals surface area (Å²) in [6.07, 6.45) is 0.821. The number of hydrogen-bond donors (Lipinski definition) is 6. The number of nitrogens with zero attached hydrogens (tertiary/aromatic N) is 3. The van der Waals surface area contributed by atoms with Crippen LogP contribution in [0, 0.1) is 18.3 Å². The first kappa shape index (κ1) is 29.8. The van der Waals surface area contributed by atoms with Gasteiger partial charge in [0.15, 0.2) is 5.96 Å². The summed E-state index contributed by atoms with van der Waals surface area (Å²) in [4.78, 5) is 41.9. The van der Waals surface area contributed by atoms with Crippen LogP contribution in [-0.4, -0.2) is 69.3 Å². The summed E-state index contributed by atoms with van der Waals surface area (Å²) in [7, 11) is 1.60. The number of carbonyl (C=O) groups is 3. The molecule has 37 heavy (non-hydrogen) atoms. The van der Waals surface area contributed by atoms with Crippen LogP contribution in [0.15, 0.2) is 18.2 Å². The second-order valence-electron chi connectivity index (χ2n) is 8.77. The Balaban J connectivity index is 2.21. The van der Waals surface area contributed by atoms with Crippen LogP contribution in [0.1, 0.15) is 49.6 Å². The highest BCUT2D eigenvalue weighted by Crippen LogP contribution is 2.22. The van der Waals surface area contributed by atoms with E-state index in [4.69, 9.17) is 28.6 Å². The Labute approximate surface area is 225 Å². The summed E-state index contributed by atoms with van der Waals surface area (Å²) in [6, 6.07) is 2.63. The van der Waals surface area contributed by atoms with Crippen molar-refractivity contribution >= 4 is 46.9 Å². The zero-order chi connectivity index (χ0) is 27.7. The molecule has 0 unspecified atom stereocenters. The molecule has 0 aliphatic heterocycles. The summed E-state index contributed by atoms with van der Waals surface area (Å²) in [5.41, 5.74) is 0.506. The number of aromatic nitrogens is 3. The van der Waals surface area contributed by atoms with Gasteiger partial charge < -0.3 is 26.4 Å². The molecule has 0 saturated carbocycles. The van der Waals surface area contributed by atoms with E-state index in [9.17, 15) is 19.5 Å². The van der Waals surface area contributed by atoms with Crippen molar-refractivity contribution in [2.75, 3.05) is 13.6 Å². The third kappa shape index (κ3) is 9.21. The Morgan fingerprint density at radius 2 is 1.76 bits per heavy atom. The van der Waals surface area contributed by atoms with Crippen molar-refractivity contribution in [1.82, 2.24) is 36.0 Å². The number of carboxylic acid groups (broad SMARTS) is 1. The third-order valence-electron chi connectivity index (χ3n) is 5.23. The van der Waals surface area contributed by atoms with Crippen molar-refractivity contribution in [1.29, 1.82) is 5.41 Å². The van der Waals surface area contributed by atoms with E-state index in [1.165, 1.54) is 4.68 Å². The predicted octanol–water partition coefficient (Wildman–Crippen LogP) is 2.12. The number of guanidine groups is 1. The van der Waals surface area contributed by atoms with Crippen molar-refractivity contribution in [3.05, 3.63) is 39.9 Å². The van der Waals surface area contributed by atoms with Crippen molar-refractivity contribution in [2.24, 2.45) is 5.92 Å². The summed E-state index contributed by atoms with van der Waals surface area (Å²) in [6.45, 7) is 5.70. The molecule has 0 radical (unpaired) electrons. The van der Waals surface area contributed by atoms with E-state index in [1.54, 1.807) is 32.2 Å². The van der Waals surface area contributed by atoms with Gasteiger partial charge in [0.25, 0.3) is 5.91 Å². The van der Waals surface area contributed by atoms with Gasteiger partial charge in [-0.3, -0.25) is 15.0 Å². The molecule has 2 atom stereocenters. The number of carbonyl (C=O) groups excluding carboxylic acids is 2. The van der Waals surface area contributed by atoms with E-state index >= 15 is 0 Å². The first-order valence-corrected chi connectivity index (χ1v) is 12.4. The normalized spacial score (nSPS) is 12.5. The monoisotopic (exact) mass is 554 g/mol. The molecule has 6 N–H and O–H groups in total. The average molecular weight is 555 g/mol. The Kier molecular flexibility index (Phi) is 11.1. The number of aliphatic carboxylic acids is 1. The van der Waals surface area contributed by atoms with Gasteiger partial charge in [0.1, 0.15) is 17.9 Å². The molecule has 14 heteroatoms. The van der Waals surface area contributed by atoms with Crippen LogP contribution in [0.2, 0.25) is 10.0 Å². The number of rotatable bonds is 12. The van der Waals surface area contributed by atoms with Gasteiger partial charge in [-0.05, 0) is 50.3 Å². The van der Waals surface area contributed by atoms with Crippen molar-refractivity contribution < 1.29 is 19.5 Å². The lowest BCUT2D eigenvalue weighted by atomic mass is 10.0. The van der Waals surface area contributed by atoms with E-state index in [0.29, 0.717) is 34.5 Å².